The highest BCUT2D eigenvalue weighted by Gasteiger charge is 2.33. The number of benzene rings is 3. The predicted octanol–water partition coefficient (Wildman–Crippen LogP) is 6.08. The summed E-state index contributed by atoms with van der Waals surface area (Å²) < 4.78 is 26.8. The van der Waals surface area contributed by atoms with Crippen LogP contribution in [0, 0.1) is 10.1 Å². The number of fused-ring (bicyclic) bond motifs is 2. The van der Waals surface area contributed by atoms with E-state index in [1.807, 2.05) is 4.90 Å². The highest BCUT2D eigenvalue weighted by Crippen LogP contribution is 2.43. The summed E-state index contributed by atoms with van der Waals surface area (Å²) in [6.45, 7) is 9.96. The number of carbonyl (C=O) groups excluding carboxylic acids is 2. The maximum Gasteiger partial charge on any atom is 0.312 e. The highest BCUT2D eigenvalue weighted by molar-refractivity contribution is 6.03. The fourth-order valence-electron chi connectivity index (χ4n) is 6.56. The van der Waals surface area contributed by atoms with Crippen LogP contribution in [0.3, 0.4) is 0 Å². The first-order valence-corrected chi connectivity index (χ1v) is 17.4. The third-order valence-corrected chi connectivity index (χ3v) is 10.0. The van der Waals surface area contributed by atoms with Gasteiger partial charge >= 0.3 is 5.69 Å². The Kier molecular flexibility index (Phi) is 12.0. The zero-order chi connectivity index (χ0) is 38.4. The number of ether oxygens (including phenoxy) is 5. The number of methoxy groups -OCH3 is 4. The second kappa shape index (κ2) is 16.4. The summed E-state index contributed by atoms with van der Waals surface area (Å²) >= 11 is 0. The lowest BCUT2D eigenvalue weighted by atomic mass is 9.98. The average Bonchev–Trinajstić information content (AvgIpc) is 3.60. The Balaban J connectivity index is 0.000000250. The molecule has 2 saturated heterocycles. The van der Waals surface area contributed by atoms with Crippen LogP contribution in [0.25, 0.3) is 0 Å². The standard InChI is InChI=1S/C25H33N3O7.C13H14N2O3/c1-7-25(2,3)27-12-10-26(11-13-27)24(29)17-8-9-20(19(14-17)28(30)31)35-18-15-21(32-4)23(34-6)22(16-18)33-5;1-18-12-5-9-10(6-11(12)16)14-7-8-3-2-4-15(8)13(9)17/h8-9,14-16H,7,10-13H2,1-6H3;5-8,16H,2-4H2,1H3. The molecule has 3 aliphatic heterocycles. The van der Waals surface area contributed by atoms with Gasteiger partial charge in [-0.1, -0.05) is 6.92 Å². The average molecular weight is 734 g/mol. The van der Waals surface area contributed by atoms with Crippen molar-refractivity contribution in [3.05, 3.63) is 63.7 Å². The molecule has 1 unspecified atom stereocenters. The van der Waals surface area contributed by atoms with Crippen molar-refractivity contribution in [3.63, 3.8) is 0 Å². The van der Waals surface area contributed by atoms with E-state index in [2.05, 4.69) is 30.7 Å². The number of nitro benzene ring substituents is 1. The molecule has 1 atom stereocenters. The molecule has 0 spiro atoms. The molecule has 3 heterocycles. The Morgan fingerprint density at radius 3 is 2.17 bits per heavy atom. The number of nitro groups is 1. The molecular formula is C38H47N5O10. The number of hydrogen-bond acceptors (Lipinski definition) is 12. The second-order valence-corrected chi connectivity index (χ2v) is 13.4. The van der Waals surface area contributed by atoms with E-state index < -0.39 is 4.92 Å². The molecular weight excluding hydrogens is 686 g/mol. The van der Waals surface area contributed by atoms with Crippen LogP contribution in [0.2, 0.25) is 0 Å². The normalized spacial score (nSPS) is 16.8. The van der Waals surface area contributed by atoms with Gasteiger partial charge in [-0.2, -0.15) is 0 Å². The lowest BCUT2D eigenvalue weighted by Gasteiger charge is -2.43. The molecule has 3 aromatic carbocycles. The molecule has 0 aliphatic carbocycles. The number of carbonyl (C=O) groups is 2. The molecule has 3 aromatic rings. The first kappa shape index (κ1) is 38.7. The van der Waals surface area contributed by atoms with Gasteiger partial charge in [0.25, 0.3) is 11.8 Å². The molecule has 6 rings (SSSR count). The number of hydrogen-bond donors (Lipinski definition) is 1. The zero-order valence-electron chi connectivity index (χ0n) is 31.2. The van der Waals surface area contributed by atoms with Crippen LogP contribution < -0.4 is 23.7 Å². The molecule has 0 radical (unpaired) electrons. The number of phenolic OH excluding ortho intramolecular Hbond substituents is 1. The molecule has 53 heavy (non-hydrogen) atoms. The number of piperazine rings is 1. The fourth-order valence-corrected chi connectivity index (χ4v) is 6.56. The van der Waals surface area contributed by atoms with Crippen molar-refractivity contribution in [3.8, 4) is 40.2 Å². The Bertz CT molecular complexity index is 1850. The minimum absolute atomic E-state index is 0.00302. The van der Waals surface area contributed by atoms with Gasteiger partial charge in [0.1, 0.15) is 5.75 Å². The van der Waals surface area contributed by atoms with Gasteiger partial charge in [0.05, 0.1) is 50.7 Å². The first-order valence-electron chi connectivity index (χ1n) is 17.4. The summed E-state index contributed by atoms with van der Waals surface area (Å²) in [6.07, 6.45) is 4.77. The summed E-state index contributed by atoms with van der Waals surface area (Å²) in [7, 11) is 5.87. The van der Waals surface area contributed by atoms with Crippen LogP contribution in [-0.2, 0) is 0 Å². The van der Waals surface area contributed by atoms with Gasteiger partial charge in [0.2, 0.25) is 11.5 Å². The van der Waals surface area contributed by atoms with E-state index in [-0.39, 0.29) is 51.9 Å². The van der Waals surface area contributed by atoms with Crippen molar-refractivity contribution < 1.29 is 43.3 Å². The number of aliphatic imine (C=N–C) groups is 1. The van der Waals surface area contributed by atoms with Crippen LogP contribution in [-0.4, -0.2) is 116 Å². The van der Waals surface area contributed by atoms with Crippen molar-refractivity contribution in [2.24, 2.45) is 4.99 Å². The molecule has 15 nitrogen and oxygen atoms in total. The van der Waals surface area contributed by atoms with Crippen LogP contribution >= 0.6 is 0 Å². The summed E-state index contributed by atoms with van der Waals surface area (Å²) in [4.78, 5) is 47.0. The lowest BCUT2D eigenvalue weighted by molar-refractivity contribution is -0.385. The van der Waals surface area contributed by atoms with Crippen molar-refractivity contribution in [2.45, 2.75) is 51.6 Å². The zero-order valence-corrected chi connectivity index (χ0v) is 31.2. The summed E-state index contributed by atoms with van der Waals surface area (Å²) in [5, 5.41) is 21.5. The van der Waals surface area contributed by atoms with E-state index in [1.165, 1.54) is 46.6 Å². The molecule has 0 aromatic heterocycles. The second-order valence-electron chi connectivity index (χ2n) is 13.4. The summed E-state index contributed by atoms with van der Waals surface area (Å²) in [5.74, 6) is 1.36. The third-order valence-electron chi connectivity index (χ3n) is 10.0. The topological polar surface area (TPSA) is 166 Å². The molecule has 2 fully saturated rings. The Morgan fingerprint density at radius 2 is 1.58 bits per heavy atom. The third kappa shape index (κ3) is 8.25. The number of phenols is 1. The molecule has 0 saturated carbocycles. The Hall–Kier alpha value is -5.57. The van der Waals surface area contributed by atoms with Gasteiger partial charge in [-0.25, -0.2) is 0 Å². The van der Waals surface area contributed by atoms with Gasteiger partial charge < -0.3 is 38.6 Å². The minimum atomic E-state index is -0.564. The van der Waals surface area contributed by atoms with Gasteiger partial charge in [-0.3, -0.25) is 29.6 Å². The van der Waals surface area contributed by atoms with Gasteiger partial charge in [0, 0.05) is 74.3 Å². The van der Waals surface area contributed by atoms with E-state index in [0.717, 1.165) is 38.9 Å². The number of rotatable bonds is 10. The van der Waals surface area contributed by atoms with Crippen molar-refractivity contribution in [1.29, 1.82) is 0 Å². The SMILES string of the molecule is CCC(C)(C)N1CCN(C(=O)c2ccc(Oc3cc(OC)c(OC)c(OC)c3)c([N+](=O)[O-])c2)CC1.COc1cc2c(cc1O)N=CC1CCCN1C2=O. The maximum atomic E-state index is 13.1. The number of amides is 2. The van der Waals surface area contributed by atoms with E-state index in [9.17, 15) is 24.8 Å². The molecule has 3 aliphatic rings. The summed E-state index contributed by atoms with van der Waals surface area (Å²) in [5.41, 5.74) is 1.00. The van der Waals surface area contributed by atoms with Crippen LogP contribution in [0.4, 0.5) is 11.4 Å². The first-order chi connectivity index (χ1) is 25.3. The van der Waals surface area contributed by atoms with E-state index in [4.69, 9.17) is 23.7 Å². The van der Waals surface area contributed by atoms with Crippen molar-refractivity contribution in [2.75, 3.05) is 61.2 Å². The summed E-state index contributed by atoms with van der Waals surface area (Å²) in [6, 6.07) is 10.4. The molecule has 15 heteroatoms. The molecule has 1 N–H and O–H groups in total. The Labute approximate surface area is 308 Å². The Morgan fingerprint density at radius 1 is 0.925 bits per heavy atom. The van der Waals surface area contributed by atoms with E-state index in [1.54, 1.807) is 35.4 Å². The van der Waals surface area contributed by atoms with Gasteiger partial charge in [0.15, 0.2) is 23.0 Å². The fraction of sp³-hybridized carbons (Fsp3) is 0.447. The molecule has 284 valence electrons. The van der Waals surface area contributed by atoms with Crippen LogP contribution in [0.1, 0.15) is 60.7 Å². The molecule has 2 amide bonds. The van der Waals surface area contributed by atoms with Crippen molar-refractivity contribution >= 4 is 29.4 Å². The van der Waals surface area contributed by atoms with Crippen LogP contribution in [0.15, 0.2) is 47.5 Å². The highest BCUT2D eigenvalue weighted by atomic mass is 16.6. The molecule has 0 bridgehead atoms. The predicted molar refractivity (Wildman–Crippen MR) is 198 cm³/mol. The van der Waals surface area contributed by atoms with Gasteiger partial charge in [-0.15, -0.1) is 0 Å². The lowest BCUT2D eigenvalue weighted by Crippen LogP contribution is -2.55. The van der Waals surface area contributed by atoms with Crippen LogP contribution in [0.5, 0.6) is 40.2 Å². The monoisotopic (exact) mass is 733 g/mol. The quantitative estimate of drug-likeness (QED) is 0.190. The number of nitrogens with zero attached hydrogens (tertiary/aromatic N) is 5. The maximum absolute atomic E-state index is 13.1. The van der Waals surface area contributed by atoms with Crippen molar-refractivity contribution in [1.82, 2.24) is 14.7 Å². The minimum Gasteiger partial charge on any atom is -0.504 e. The van der Waals surface area contributed by atoms with E-state index >= 15 is 0 Å². The van der Waals surface area contributed by atoms with Gasteiger partial charge in [-0.05, 0) is 51.3 Å². The largest absolute Gasteiger partial charge is 0.504 e. The van der Waals surface area contributed by atoms with E-state index in [0.29, 0.717) is 47.3 Å². The smallest absolute Gasteiger partial charge is 0.312 e. The number of aromatic hydroxyl groups is 1.